The van der Waals surface area contributed by atoms with Crippen LogP contribution in [0.3, 0.4) is 0 Å². The van der Waals surface area contributed by atoms with Crippen LogP contribution in [0.15, 0.2) is 224 Å². The minimum Gasteiger partial charge on any atom is -0.310 e. The van der Waals surface area contributed by atoms with Crippen LogP contribution < -0.4 is 4.90 Å². The minimum absolute atomic E-state index is 1.09. The van der Waals surface area contributed by atoms with Crippen molar-refractivity contribution in [2.45, 2.75) is 0 Å². The highest BCUT2D eigenvalue weighted by atomic mass is 15.1. The van der Waals surface area contributed by atoms with Crippen molar-refractivity contribution in [3.8, 4) is 55.6 Å². The van der Waals surface area contributed by atoms with Crippen molar-refractivity contribution in [1.29, 1.82) is 0 Å². The van der Waals surface area contributed by atoms with E-state index in [1.165, 1.54) is 66.4 Å². The van der Waals surface area contributed by atoms with Gasteiger partial charge in [-0.25, -0.2) is 0 Å². The molecule has 9 aromatic rings. The summed E-state index contributed by atoms with van der Waals surface area (Å²) in [5.74, 6) is 0. The first kappa shape index (κ1) is 32.0. The molecule has 1 heteroatoms. The lowest BCUT2D eigenvalue weighted by Gasteiger charge is -2.29. The molecule has 0 radical (unpaired) electrons. The van der Waals surface area contributed by atoms with Crippen LogP contribution in [-0.4, -0.2) is 0 Å². The Morgan fingerprint density at radius 3 is 1.45 bits per heavy atom. The number of rotatable bonds is 8. The van der Waals surface area contributed by atoms with Crippen molar-refractivity contribution < 1.29 is 0 Å². The number of benzene rings is 9. The summed E-state index contributed by atoms with van der Waals surface area (Å²) in [5, 5.41) is 2.48. The number of nitrogens with zero attached hydrogens (tertiary/aromatic N) is 1. The summed E-state index contributed by atoms with van der Waals surface area (Å²) in [7, 11) is 0. The molecular formula is C52H37N. The van der Waals surface area contributed by atoms with E-state index in [9.17, 15) is 0 Å². The third-order valence-corrected chi connectivity index (χ3v) is 10.1. The molecule has 0 bridgehead atoms. The summed E-state index contributed by atoms with van der Waals surface area (Å²) < 4.78 is 0. The van der Waals surface area contributed by atoms with E-state index in [-0.39, 0.29) is 0 Å². The number of anilines is 3. The first-order valence-corrected chi connectivity index (χ1v) is 18.2. The topological polar surface area (TPSA) is 3.24 Å². The second-order valence-electron chi connectivity index (χ2n) is 13.4. The molecule has 0 unspecified atom stereocenters. The number of para-hydroxylation sites is 1. The standard InChI is InChI=1S/C52H37N/c1-3-15-38(16-4-1)43-21-13-22-44(35-43)40-31-33-47(34-32-40)53(48-24-14-23-45(37-48)46-30-29-39-17-7-8-20-42(39)36-46)52-28-12-11-27-51(52)50-26-10-9-25-49(50)41-18-5-2-6-19-41/h1-37H. The van der Waals surface area contributed by atoms with Gasteiger partial charge in [0.2, 0.25) is 0 Å². The smallest absolute Gasteiger partial charge is 0.0540 e. The molecule has 53 heavy (non-hydrogen) atoms. The summed E-state index contributed by atoms with van der Waals surface area (Å²) in [6.45, 7) is 0. The first-order valence-electron chi connectivity index (χ1n) is 18.2. The third-order valence-electron chi connectivity index (χ3n) is 10.1. The molecule has 0 heterocycles. The molecule has 9 rings (SSSR count). The van der Waals surface area contributed by atoms with E-state index in [1.807, 2.05) is 0 Å². The fourth-order valence-electron chi connectivity index (χ4n) is 7.42. The highest BCUT2D eigenvalue weighted by Gasteiger charge is 2.20. The van der Waals surface area contributed by atoms with Crippen molar-refractivity contribution in [3.63, 3.8) is 0 Å². The van der Waals surface area contributed by atoms with Crippen LogP contribution in [0, 0.1) is 0 Å². The van der Waals surface area contributed by atoms with Gasteiger partial charge in [0.15, 0.2) is 0 Å². The molecule has 0 aliphatic heterocycles. The lowest BCUT2D eigenvalue weighted by Crippen LogP contribution is -2.11. The van der Waals surface area contributed by atoms with Crippen molar-refractivity contribution in [2.75, 3.05) is 4.90 Å². The van der Waals surface area contributed by atoms with Crippen molar-refractivity contribution in [2.24, 2.45) is 0 Å². The predicted molar refractivity (Wildman–Crippen MR) is 226 cm³/mol. The largest absolute Gasteiger partial charge is 0.310 e. The Labute approximate surface area is 311 Å². The maximum atomic E-state index is 2.41. The van der Waals surface area contributed by atoms with Gasteiger partial charge in [-0.3, -0.25) is 0 Å². The van der Waals surface area contributed by atoms with Gasteiger partial charge in [-0.2, -0.15) is 0 Å². The molecular weight excluding hydrogens is 639 g/mol. The molecule has 0 aliphatic carbocycles. The van der Waals surface area contributed by atoms with Gasteiger partial charge in [0.1, 0.15) is 0 Å². The third kappa shape index (κ3) is 6.53. The Morgan fingerprint density at radius 2 is 0.717 bits per heavy atom. The zero-order valence-corrected chi connectivity index (χ0v) is 29.3. The Hall–Kier alpha value is -6.96. The highest BCUT2D eigenvalue weighted by Crippen LogP contribution is 2.44. The summed E-state index contributed by atoms with van der Waals surface area (Å²) in [5.41, 5.74) is 15.3. The van der Waals surface area contributed by atoms with Gasteiger partial charge < -0.3 is 4.90 Å². The second kappa shape index (κ2) is 14.3. The Bertz CT molecular complexity index is 2660. The van der Waals surface area contributed by atoms with Crippen LogP contribution >= 0.6 is 0 Å². The van der Waals surface area contributed by atoms with Crippen molar-refractivity contribution in [3.05, 3.63) is 224 Å². The molecule has 0 spiro atoms. The van der Waals surface area contributed by atoms with Crippen LogP contribution in [0.25, 0.3) is 66.4 Å². The van der Waals surface area contributed by atoms with Crippen molar-refractivity contribution in [1.82, 2.24) is 0 Å². The van der Waals surface area contributed by atoms with Gasteiger partial charge >= 0.3 is 0 Å². The van der Waals surface area contributed by atoms with E-state index in [0.717, 1.165) is 17.1 Å². The molecule has 0 aliphatic rings. The molecule has 250 valence electrons. The van der Waals surface area contributed by atoms with E-state index in [2.05, 4.69) is 229 Å². The van der Waals surface area contributed by atoms with Gasteiger partial charge in [0, 0.05) is 16.9 Å². The molecule has 0 fully saturated rings. The average Bonchev–Trinajstić information content (AvgIpc) is 3.25. The highest BCUT2D eigenvalue weighted by molar-refractivity contribution is 5.95. The number of hydrogen-bond donors (Lipinski definition) is 0. The first-order chi connectivity index (χ1) is 26.3. The Morgan fingerprint density at radius 1 is 0.226 bits per heavy atom. The molecule has 0 aromatic heterocycles. The predicted octanol–water partition coefficient (Wildman–Crippen LogP) is 14.6. The number of hydrogen-bond acceptors (Lipinski definition) is 1. The monoisotopic (exact) mass is 675 g/mol. The van der Waals surface area contributed by atoms with Crippen molar-refractivity contribution >= 4 is 27.8 Å². The quantitative estimate of drug-likeness (QED) is 0.155. The van der Waals surface area contributed by atoms with Crippen LogP contribution in [-0.2, 0) is 0 Å². The van der Waals surface area contributed by atoms with Gasteiger partial charge in [-0.05, 0) is 103 Å². The van der Waals surface area contributed by atoms with Gasteiger partial charge in [-0.15, -0.1) is 0 Å². The second-order valence-corrected chi connectivity index (χ2v) is 13.4. The van der Waals surface area contributed by atoms with Crippen LogP contribution in [0.1, 0.15) is 0 Å². The van der Waals surface area contributed by atoms with Gasteiger partial charge in [-0.1, -0.05) is 182 Å². The van der Waals surface area contributed by atoms with Gasteiger partial charge in [0.25, 0.3) is 0 Å². The lowest BCUT2D eigenvalue weighted by atomic mass is 9.93. The Balaban J connectivity index is 1.18. The van der Waals surface area contributed by atoms with E-state index < -0.39 is 0 Å². The van der Waals surface area contributed by atoms with E-state index in [0.29, 0.717) is 0 Å². The van der Waals surface area contributed by atoms with Crippen LogP contribution in [0.2, 0.25) is 0 Å². The summed E-state index contributed by atoms with van der Waals surface area (Å²) >= 11 is 0. The molecule has 1 nitrogen and oxygen atoms in total. The summed E-state index contributed by atoms with van der Waals surface area (Å²) in [4.78, 5) is 2.41. The van der Waals surface area contributed by atoms with E-state index in [4.69, 9.17) is 0 Å². The van der Waals surface area contributed by atoms with Crippen LogP contribution in [0.4, 0.5) is 17.1 Å². The van der Waals surface area contributed by atoms with E-state index in [1.54, 1.807) is 0 Å². The molecule has 0 saturated carbocycles. The maximum absolute atomic E-state index is 2.41. The van der Waals surface area contributed by atoms with E-state index >= 15 is 0 Å². The van der Waals surface area contributed by atoms with Crippen LogP contribution in [0.5, 0.6) is 0 Å². The number of fused-ring (bicyclic) bond motifs is 1. The maximum Gasteiger partial charge on any atom is 0.0540 e. The average molecular weight is 676 g/mol. The lowest BCUT2D eigenvalue weighted by molar-refractivity contribution is 1.28. The molecule has 0 amide bonds. The molecule has 0 N–H and O–H groups in total. The molecule has 9 aromatic carbocycles. The fraction of sp³-hybridized carbons (Fsp3) is 0. The summed E-state index contributed by atoms with van der Waals surface area (Å²) in [6.07, 6.45) is 0. The molecule has 0 atom stereocenters. The zero-order valence-electron chi connectivity index (χ0n) is 29.3. The fourth-order valence-corrected chi connectivity index (χ4v) is 7.42. The minimum atomic E-state index is 1.09. The normalized spacial score (nSPS) is 11.0. The van der Waals surface area contributed by atoms with Gasteiger partial charge in [0.05, 0.1) is 5.69 Å². The zero-order chi connectivity index (χ0) is 35.4. The molecule has 0 saturated heterocycles. The summed E-state index contributed by atoms with van der Waals surface area (Å²) in [6, 6.07) is 80.9. The Kier molecular flexibility index (Phi) is 8.66. The SMILES string of the molecule is c1ccc(-c2cccc(-c3ccc(N(c4cccc(-c5ccc6ccccc6c5)c4)c4ccccc4-c4ccccc4-c4ccccc4)cc3)c2)cc1.